The molecule has 1 aliphatic heterocycles. The third-order valence-corrected chi connectivity index (χ3v) is 3.22. The smallest absolute Gasteiger partial charge is 0.243 e. The largest absolute Gasteiger partial charge is 0.310 e. The zero-order chi connectivity index (χ0) is 9.26. The van der Waals surface area contributed by atoms with E-state index in [1.54, 1.807) is 0 Å². The Balaban J connectivity index is 2.28. The van der Waals surface area contributed by atoms with Crippen LogP contribution in [0.4, 0.5) is 0 Å². The van der Waals surface area contributed by atoms with E-state index in [0.29, 0.717) is 4.32 Å². The molecular weight excluding hydrogens is 202 g/mol. The predicted molar refractivity (Wildman–Crippen MR) is 57.5 cm³/mol. The van der Waals surface area contributed by atoms with E-state index in [4.69, 9.17) is 12.2 Å². The number of carbonyl (C=O) groups excluding carboxylic acids is 1. The maximum absolute atomic E-state index is 11.4. The third kappa shape index (κ3) is 1.73. The lowest BCUT2D eigenvalue weighted by molar-refractivity contribution is -0.118. The summed E-state index contributed by atoms with van der Waals surface area (Å²) in [5, 5.41) is 2.46. The second-order valence-corrected chi connectivity index (χ2v) is 4.47. The van der Waals surface area contributed by atoms with Gasteiger partial charge in [0.05, 0.1) is 0 Å². The van der Waals surface area contributed by atoms with E-state index in [1.807, 2.05) is 30.3 Å². The van der Waals surface area contributed by atoms with Crippen LogP contribution in [0.15, 0.2) is 30.3 Å². The molecule has 1 unspecified atom stereocenters. The molecule has 0 radical (unpaired) electrons. The van der Waals surface area contributed by atoms with Crippen LogP contribution in [0.25, 0.3) is 0 Å². The van der Waals surface area contributed by atoms with Crippen molar-refractivity contribution in [1.29, 1.82) is 0 Å². The maximum atomic E-state index is 11.4. The summed E-state index contributed by atoms with van der Waals surface area (Å²) in [6.45, 7) is 0. The summed E-state index contributed by atoms with van der Waals surface area (Å²) in [4.78, 5) is 11.4. The van der Waals surface area contributed by atoms with Crippen molar-refractivity contribution in [3.63, 3.8) is 0 Å². The van der Waals surface area contributed by atoms with Gasteiger partial charge in [-0.3, -0.25) is 4.79 Å². The highest BCUT2D eigenvalue weighted by Crippen LogP contribution is 2.33. The summed E-state index contributed by atoms with van der Waals surface area (Å²) in [5.74, 6) is -0.0128. The Morgan fingerprint density at radius 3 is 2.54 bits per heavy atom. The SMILES string of the molecule is O=C1NC(=S)SC1c1ccccc1. The molecule has 1 aliphatic rings. The first-order chi connectivity index (χ1) is 6.27. The van der Waals surface area contributed by atoms with E-state index in [0.717, 1.165) is 5.56 Å². The lowest BCUT2D eigenvalue weighted by Gasteiger charge is -2.03. The molecule has 0 saturated carbocycles. The number of hydrogen-bond acceptors (Lipinski definition) is 3. The molecule has 1 heterocycles. The van der Waals surface area contributed by atoms with Crippen molar-refractivity contribution in [2.75, 3.05) is 0 Å². The minimum atomic E-state index is -0.159. The fraction of sp³-hybridized carbons (Fsp3) is 0.111. The molecule has 1 N–H and O–H groups in total. The highest BCUT2D eigenvalue weighted by atomic mass is 32.2. The molecular formula is C9H7NOS2. The van der Waals surface area contributed by atoms with Gasteiger partial charge in [0.25, 0.3) is 0 Å². The monoisotopic (exact) mass is 209 g/mol. The number of thiocarbonyl (C=S) groups is 1. The summed E-state index contributed by atoms with van der Waals surface area (Å²) >= 11 is 6.30. The van der Waals surface area contributed by atoms with Crippen LogP contribution in [0, 0.1) is 0 Å². The minimum absolute atomic E-state index is 0.0128. The van der Waals surface area contributed by atoms with E-state index < -0.39 is 0 Å². The Hall–Kier alpha value is -0.870. The molecule has 0 bridgehead atoms. The average Bonchev–Trinajstić information content (AvgIpc) is 2.47. The summed E-state index contributed by atoms with van der Waals surface area (Å²) in [7, 11) is 0. The molecule has 1 aromatic rings. The zero-order valence-corrected chi connectivity index (χ0v) is 8.32. The molecule has 1 fully saturated rings. The van der Waals surface area contributed by atoms with Gasteiger partial charge in [-0.2, -0.15) is 0 Å². The van der Waals surface area contributed by atoms with Crippen LogP contribution in [0.1, 0.15) is 10.8 Å². The molecule has 13 heavy (non-hydrogen) atoms. The lowest BCUT2D eigenvalue weighted by Crippen LogP contribution is -2.20. The van der Waals surface area contributed by atoms with Gasteiger partial charge in [0.15, 0.2) is 0 Å². The van der Waals surface area contributed by atoms with Gasteiger partial charge in [0.2, 0.25) is 5.91 Å². The standard InChI is InChI=1S/C9H7NOS2/c11-8-7(13-9(12)10-8)6-4-2-1-3-5-6/h1-5,7H,(H,10,11,12). The van der Waals surface area contributed by atoms with Crippen molar-refractivity contribution in [3.8, 4) is 0 Å². The molecule has 0 aromatic heterocycles. The molecule has 4 heteroatoms. The molecule has 2 rings (SSSR count). The van der Waals surface area contributed by atoms with Gasteiger partial charge in [0, 0.05) is 0 Å². The maximum Gasteiger partial charge on any atom is 0.243 e. The van der Waals surface area contributed by atoms with E-state index in [2.05, 4.69) is 5.32 Å². The minimum Gasteiger partial charge on any atom is -0.310 e. The van der Waals surface area contributed by atoms with Crippen LogP contribution in [-0.2, 0) is 4.79 Å². The van der Waals surface area contributed by atoms with Gasteiger partial charge in [-0.05, 0) is 5.56 Å². The molecule has 2 nitrogen and oxygen atoms in total. The van der Waals surface area contributed by atoms with Crippen molar-refractivity contribution in [2.24, 2.45) is 0 Å². The second-order valence-electron chi connectivity index (χ2n) is 2.69. The number of carbonyl (C=O) groups is 1. The van der Waals surface area contributed by atoms with Crippen LogP contribution >= 0.6 is 24.0 Å². The van der Waals surface area contributed by atoms with Crippen LogP contribution < -0.4 is 5.32 Å². The van der Waals surface area contributed by atoms with E-state index in [-0.39, 0.29) is 11.2 Å². The Morgan fingerprint density at radius 2 is 2.00 bits per heavy atom. The van der Waals surface area contributed by atoms with Gasteiger partial charge in [0.1, 0.15) is 9.57 Å². The van der Waals surface area contributed by atoms with Gasteiger partial charge >= 0.3 is 0 Å². The Morgan fingerprint density at radius 1 is 1.31 bits per heavy atom. The zero-order valence-electron chi connectivity index (χ0n) is 6.69. The average molecular weight is 209 g/mol. The van der Waals surface area contributed by atoms with Crippen molar-refractivity contribution < 1.29 is 4.79 Å². The highest BCUT2D eigenvalue weighted by molar-refractivity contribution is 8.24. The summed E-state index contributed by atoms with van der Waals surface area (Å²) in [6.07, 6.45) is 0. The number of nitrogens with one attached hydrogen (secondary N) is 1. The molecule has 1 amide bonds. The summed E-state index contributed by atoms with van der Waals surface area (Å²) in [5.41, 5.74) is 1.00. The Bertz CT molecular complexity index is 350. The van der Waals surface area contributed by atoms with Crippen LogP contribution in [0.3, 0.4) is 0 Å². The first kappa shape index (κ1) is 8.72. The van der Waals surface area contributed by atoms with Gasteiger partial charge in [-0.25, -0.2) is 0 Å². The van der Waals surface area contributed by atoms with Crippen LogP contribution in [0.5, 0.6) is 0 Å². The Labute approximate surface area is 85.7 Å². The number of benzene rings is 1. The molecule has 1 saturated heterocycles. The molecule has 0 aliphatic carbocycles. The highest BCUT2D eigenvalue weighted by Gasteiger charge is 2.29. The quantitative estimate of drug-likeness (QED) is 0.716. The first-order valence-electron chi connectivity index (χ1n) is 3.84. The third-order valence-electron chi connectivity index (χ3n) is 1.79. The van der Waals surface area contributed by atoms with Crippen molar-refractivity contribution in [3.05, 3.63) is 35.9 Å². The fourth-order valence-corrected chi connectivity index (χ4v) is 2.43. The lowest BCUT2D eigenvalue weighted by atomic mass is 10.1. The number of rotatable bonds is 1. The van der Waals surface area contributed by atoms with E-state index >= 15 is 0 Å². The number of hydrogen-bond donors (Lipinski definition) is 1. The number of amides is 1. The Kier molecular flexibility index (Phi) is 2.33. The predicted octanol–water partition coefficient (Wildman–Crippen LogP) is 1.88. The van der Waals surface area contributed by atoms with Crippen molar-refractivity contribution >= 4 is 34.2 Å². The number of thioether (sulfide) groups is 1. The summed E-state index contributed by atoms with van der Waals surface area (Å²) < 4.78 is 0.568. The van der Waals surface area contributed by atoms with Crippen LogP contribution in [0.2, 0.25) is 0 Å². The van der Waals surface area contributed by atoms with Gasteiger partial charge < -0.3 is 5.32 Å². The molecule has 66 valence electrons. The van der Waals surface area contributed by atoms with Crippen molar-refractivity contribution in [1.82, 2.24) is 5.32 Å². The van der Waals surface area contributed by atoms with Gasteiger partial charge in [-0.1, -0.05) is 54.3 Å². The molecule has 1 atom stereocenters. The van der Waals surface area contributed by atoms with Gasteiger partial charge in [-0.15, -0.1) is 0 Å². The van der Waals surface area contributed by atoms with E-state index in [9.17, 15) is 4.79 Å². The normalized spacial score (nSPS) is 21.7. The van der Waals surface area contributed by atoms with E-state index in [1.165, 1.54) is 11.8 Å². The summed E-state index contributed by atoms with van der Waals surface area (Å²) in [6, 6.07) is 9.64. The first-order valence-corrected chi connectivity index (χ1v) is 5.12. The van der Waals surface area contributed by atoms with Crippen molar-refractivity contribution in [2.45, 2.75) is 5.25 Å². The topological polar surface area (TPSA) is 29.1 Å². The van der Waals surface area contributed by atoms with Crippen LogP contribution in [-0.4, -0.2) is 10.2 Å². The fourth-order valence-electron chi connectivity index (χ4n) is 1.20. The molecule has 0 spiro atoms. The molecule has 1 aromatic carbocycles. The second kappa shape index (κ2) is 3.47.